The molecule has 0 fully saturated rings. The summed E-state index contributed by atoms with van der Waals surface area (Å²) in [4.78, 5) is 10.8. The zero-order valence-electron chi connectivity index (χ0n) is 8.33. The van der Waals surface area contributed by atoms with Crippen molar-refractivity contribution in [3.63, 3.8) is 0 Å². The van der Waals surface area contributed by atoms with Gasteiger partial charge in [0.05, 0.1) is 18.7 Å². The first-order valence-electron chi connectivity index (χ1n) is 4.35. The Balaban J connectivity index is 2.66. The van der Waals surface area contributed by atoms with Crippen LogP contribution in [-0.2, 0) is 16.1 Å². The van der Waals surface area contributed by atoms with Gasteiger partial charge in [-0.15, -0.1) is 0 Å². The second-order valence-corrected chi connectivity index (χ2v) is 3.24. The van der Waals surface area contributed by atoms with E-state index in [1.54, 1.807) is 18.2 Å². The summed E-state index contributed by atoms with van der Waals surface area (Å²) in [7, 11) is 1.52. The van der Waals surface area contributed by atoms with E-state index in [0.29, 0.717) is 10.8 Å². The van der Waals surface area contributed by atoms with Gasteiger partial charge >= 0.3 is 5.97 Å². The topological polar surface area (TPSA) is 61.5 Å². The van der Waals surface area contributed by atoms with E-state index in [0.717, 1.165) is 5.56 Å². The molecule has 0 aromatic heterocycles. The number of hydrogen-bond acceptors (Lipinski definition) is 4. The predicted octanol–water partition coefficient (Wildman–Crippen LogP) is 1.35. The van der Waals surface area contributed by atoms with Crippen molar-refractivity contribution in [2.45, 2.75) is 6.61 Å². The highest BCUT2D eigenvalue weighted by Gasteiger charge is 2.04. The van der Waals surface area contributed by atoms with Crippen LogP contribution in [0.3, 0.4) is 0 Å². The Morgan fingerprint density at radius 2 is 2.27 bits per heavy atom. The number of carbonyl (C=O) groups is 1. The van der Waals surface area contributed by atoms with Gasteiger partial charge in [0.15, 0.2) is 0 Å². The second-order valence-electron chi connectivity index (χ2n) is 2.83. The maximum atomic E-state index is 10.8. The fourth-order valence-corrected chi connectivity index (χ4v) is 1.21. The lowest BCUT2D eigenvalue weighted by atomic mass is 10.2. The second kappa shape index (κ2) is 5.58. The van der Waals surface area contributed by atoms with E-state index in [9.17, 15) is 4.79 Å². The molecule has 15 heavy (non-hydrogen) atoms. The first-order valence-corrected chi connectivity index (χ1v) is 4.73. The number of nitrogens with two attached hydrogens (primary N) is 1. The molecule has 0 aliphatic carbocycles. The van der Waals surface area contributed by atoms with Gasteiger partial charge in [0.25, 0.3) is 0 Å². The lowest BCUT2D eigenvalue weighted by molar-refractivity contribution is -0.143. The monoisotopic (exact) mass is 229 g/mol. The molecule has 1 aromatic carbocycles. The van der Waals surface area contributed by atoms with E-state index in [4.69, 9.17) is 26.8 Å². The van der Waals surface area contributed by atoms with Crippen LogP contribution in [-0.4, -0.2) is 19.6 Å². The molecule has 2 N–H and O–H groups in total. The van der Waals surface area contributed by atoms with Gasteiger partial charge in [-0.1, -0.05) is 17.7 Å². The van der Waals surface area contributed by atoms with Crippen LogP contribution in [0.4, 0.5) is 0 Å². The van der Waals surface area contributed by atoms with Crippen molar-refractivity contribution in [2.75, 3.05) is 13.7 Å². The SMILES string of the molecule is COc1cc(COC(=O)CN)ccc1Cl. The van der Waals surface area contributed by atoms with Crippen LogP contribution in [0.15, 0.2) is 18.2 Å². The first-order chi connectivity index (χ1) is 7.17. The molecular formula is C10H12ClNO3. The van der Waals surface area contributed by atoms with Crippen molar-refractivity contribution in [1.82, 2.24) is 0 Å². The van der Waals surface area contributed by atoms with Crippen LogP contribution in [0.1, 0.15) is 5.56 Å². The van der Waals surface area contributed by atoms with Gasteiger partial charge in [0.2, 0.25) is 0 Å². The van der Waals surface area contributed by atoms with Gasteiger partial charge in [0, 0.05) is 0 Å². The molecule has 0 saturated carbocycles. The number of methoxy groups -OCH3 is 1. The molecule has 0 atom stereocenters. The largest absolute Gasteiger partial charge is 0.495 e. The molecule has 0 spiro atoms. The third kappa shape index (κ3) is 3.42. The maximum Gasteiger partial charge on any atom is 0.320 e. The predicted molar refractivity (Wildman–Crippen MR) is 56.9 cm³/mol. The maximum absolute atomic E-state index is 10.8. The summed E-state index contributed by atoms with van der Waals surface area (Å²) in [6.45, 7) is 0.0499. The van der Waals surface area contributed by atoms with Crippen LogP contribution in [0.2, 0.25) is 5.02 Å². The lowest BCUT2D eigenvalue weighted by Gasteiger charge is -2.07. The lowest BCUT2D eigenvalue weighted by Crippen LogP contribution is -2.16. The standard InChI is InChI=1S/C10H12ClNO3/c1-14-9-4-7(2-3-8(9)11)6-15-10(13)5-12/h2-4H,5-6,12H2,1H3. The Morgan fingerprint density at radius 3 is 2.87 bits per heavy atom. The average molecular weight is 230 g/mol. The van der Waals surface area contributed by atoms with Gasteiger partial charge in [-0.2, -0.15) is 0 Å². The summed E-state index contributed by atoms with van der Waals surface area (Å²) in [5, 5.41) is 0.520. The number of halogens is 1. The van der Waals surface area contributed by atoms with E-state index >= 15 is 0 Å². The van der Waals surface area contributed by atoms with Crippen molar-refractivity contribution in [3.05, 3.63) is 28.8 Å². The van der Waals surface area contributed by atoms with E-state index < -0.39 is 5.97 Å². The van der Waals surface area contributed by atoms with Gasteiger partial charge in [0.1, 0.15) is 12.4 Å². The number of rotatable bonds is 4. The average Bonchev–Trinajstić information content (AvgIpc) is 2.27. The highest BCUT2D eigenvalue weighted by Crippen LogP contribution is 2.25. The summed E-state index contributed by atoms with van der Waals surface area (Å²) >= 11 is 5.83. The molecule has 5 heteroatoms. The highest BCUT2D eigenvalue weighted by atomic mass is 35.5. The van der Waals surface area contributed by atoms with E-state index in [1.807, 2.05) is 0 Å². The van der Waals surface area contributed by atoms with Crippen LogP contribution >= 0.6 is 11.6 Å². The zero-order chi connectivity index (χ0) is 11.3. The Labute approximate surface area is 92.9 Å². The van der Waals surface area contributed by atoms with Crippen molar-refractivity contribution in [2.24, 2.45) is 5.73 Å². The fourth-order valence-electron chi connectivity index (χ4n) is 1.02. The smallest absolute Gasteiger partial charge is 0.320 e. The van der Waals surface area contributed by atoms with Crippen molar-refractivity contribution >= 4 is 17.6 Å². The Hall–Kier alpha value is -1.26. The van der Waals surface area contributed by atoms with Gasteiger partial charge < -0.3 is 15.2 Å². The highest BCUT2D eigenvalue weighted by molar-refractivity contribution is 6.32. The number of hydrogen-bond donors (Lipinski definition) is 1. The zero-order valence-corrected chi connectivity index (χ0v) is 9.08. The van der Waals surface area contributed by atoms with E-state index in [1.165, 1.54) is 7.11 Å². The minimum atomic E-state index is -0.441. The molecule has 0 heterocycles. The number of carbonyl (C=O) groups excluding carboxylic acids is 1. The van der Waals surface area contributed by atoms with Crippen molar-refractivity contribution < 1.29 is 14.3 Å². The van der Waals surface area contributed by atoms with Crippen molar-refractivity contribution in [1.29, 1.82) is 0 Å². The summed E-state index contributed by atoms with van der Waals surface area (Å²) in [6, 6.07) is 5.16. The quantitative estimate of drug-likeness (QED) is 0.792. The van der Waals surface area contributed by atoms with E-state index in [2.05, 4.69) is 0 Å². The molecule has 0 bridgehead atoms. The molecule has 0 saturated heterocycles. The Morgan fingerprint density at radius 1 is 1.53 bits per heavy atom. The number of esters is 1. The Kier molecular flexibility index (Phi) is 4.39. The normalized spacial score (nSPS) is 9.80. The molecule has 0 amide bonds. The molecule has 0 unspecified atom stereocenters. The third-order valence-electron chi connectivity index (χ3n) is 1.78. The van der Waals surface area contributed by atoms with Crippen LogP contribution in [0, 0.1) is 0 Å². The van der Waals surface area contributed by atoms with Gasteiger partial charge in [-0.25, -0.2) is 0 Å². The van der Waals surface area contributed by atoms with Gasteiger partial charge in [-0.3, -0.25) is 4.79 Å². The number of benzene rings is 1. The molecular weight excluding hydrogens is 218 g/mol. The van der Waals surface area contributed by atoms with Crippen LogP contribution in [0.5, 0.6) is 5.75 Å². The summed E-state index contributed by atoms with van der Waals surface area (Å²) in [5.41, 5.74) is 5.90. The molecule has 0 radical (unpaired) electrons. The summed E-state index contributed by atoms with van der Waals surface area (Å²) in [6.07, 6.45) is 0. The van der Waals surface area contributed by atoms with Gasteiger partial charge in [-0.05, 0) is 17.7 Å². The molecule has 4 nitrogen and oxygen atoms in total. The third-order valence-corrected chi connectivity index (χ3v) is 2.09. The van der Waals surface area contributed by atoms with Crippen LogP contribution in [0.25, 0.3) is 0 Å². The van der Waals surface area contributed by atoms with Crippen LogP contribution < -0.4 is 10.5 Å². The van der Waals surface area contributed by atoms with E-state index in [-0.39, 0.29) is 13.2 Å². The first kappa shape index (κ1) is 11.8. The molecule has 82 valence electrons. The summed E-state index contributed by atoms with van der Waals surface area (Å²) in [5.74, 6) is 0.113. The molecule has 0 aliphatic rings. The fraction of sp³-hybridized carbons (Fsp3) is 0.300. The minimum Gasteiger partial charge on any atom is -0.495 e. The minimum absolute atomic E-state index is 0.120. The summed E-state index contributed by atoms with van der Waals surface area (Å²) < 4.78 is 9.88. The Bertz CT molecular complexity index is 355. The van der Waals surface area contributed by atoms with Crippen molar-refractivity contribution in [3.8, 4) is 5.75 Å². The molecule has 0 aliphatic heterocycles. The molecule has 1 aromatic rings. The number of ether oxygens (including phenoxy) is 2. The molecule has 1 rings (SSSR count).